The van der Waals surface area contributed by atoms with Gasteiger partial charge in [0.15, 0.2) is 17.1 Å². The highest BCUT2D eigenvalue weighted by Gasteiger charge is 2.21. The number of benzene rings is 2. The van der Waals surface area contributed by atoms with Gasteiger partial charge in [-0.25, -0.2) is 9.97 Å². The van der Waals surface area contributed by atoms with E-state index in [9.17, 15) is 0 Å². The van der Waals surface area contributed by atoms with Crippen molar-refractivity contribution in [3.8, 4) is 11.1 Å². The normalized spacial score (nSPS) is 12.3. The number of aryl methyl sites for hydroxylation is 1. The van der Waals surface area contributed by atoms with Crippen LogP contribution >= 0.6 is 0 Å². The first-order valence-electron chi connectivity index (χ1n) is 7.69. The van der Waals surface area contributed by atoms with E-state index in [1.54, 1.807) is 0 Å². The maximum absolute atomic E-state index is 5.94. The van der Waals surface area contributed by atoms with Crippen LogP contribution in [0.3, 0.4) is 0 Å². The maximum atomic E-state index is 5.94. The van der Waals surface area contributed by atoms with Gasteiger partial charge in [-0.2, -0.15) is 0 Å². The quantitative estimate of drug-likeness (QED) is 0.482. The summed E-state index contributed by atoms with van der Waals surface area (Å²) in [6.45, 7) is 8.14. The van der Waals surface area contributed by atoms with E-state index in [1.165, 1.54) is 0 Å². The Morgan fingerprint density at radius 2 is 1.35 bits per heavy atom. The third-order valence-corrected chi connectivity index (χ3v) is 3.86. The third kappa shape index (κ3) is 2.40. The Balaban J connectivity index is 1.83. The largest absolute Gasteiger partial charge is 0.441 e. The predicted octanol–water partition coefficient (Wildman–Crippen LogP) is 5.24. The van der Waals surface area contributed by atoms with Gasteiger partial charge in [-0.15, -0.1) is 0 Å². The van der Waals surface area contributed by atoms with Crippen LogP contribution in [0.4, 0.5) is 0 Å². The Bertz CT molecular complexity index is 1020. The van der Waals surface area contributed by atoms with Gasteiger partial charge < -0.3 is 8.83 Å². The molecule has 0 atom stereocenters. The first-order valence-corrected chi connectivity index (χ1v) is 7.69. The van der Waals surface area contributed by atoms with E-state index in [2.05, 4.69) is 36.8 Å². The fourth-order valence-electron chi connectivity index (χ4n) is 2.64. The monoisotopic (exact) mass is 306 g/mol. The number of nitrogens with zero attached hydrogens (tertiary/aromatic N) is 2. The molecule has 0 spiro atoms. The van der Waals surface area contributed by atoms with Gasteiger partial charge in [-0.3, -0.25) is 0 Å². The molecule has 0 aliphatic rings. The van der Waals surface area contributed by atoms with Crippen molar-refractivity contribution in [3.05, 3.63) is 48.2 Å². The van der Waals surface area contributed by atoms with Gasteiger partial charge >= 0.3 is 0 Å². The van der Waals surface area contributed by atoms with E-state index in [1.807, 2.05) is 37.3 Å². The van der Waals surface area contributed by atoms with Gasteiger partial charge in [0, 0.05) is 12.3 Å². The minimum absolute atomic E-state index is 0.102. The average Bonchev–Trinajstić information content (AvgIpc) is 3.06. The smallest absolute Gasteiger partial charge is 0.200 e. The Hall–Kier alpha value is -2.62. The molecule has 0 unspecified atom stereocenters. The predicted molar refractivity (Wildman–Crippen MR) is 90.4 cm³/mol. The molecule has 0 saturated heterocycles. The van der Waals surface area contributed by atoms with E-state index in [0.29, 0.717) is 5.89 Å². The van der Waals surface area contributed by atoms with Crippen molar-refractivity contribution >= 4 is 22.2 Å². The molecule has 4 nitrogen and oxygen atoms in total. The lowest BCUT2D eigenvalue weighted by atomic mass is 9.97. The van der Waals surface area contributed by atoms with E-state index >= 15 is 0 Å². The second-order valence-corrected chi connectivity index (χ2v) is 6.87. The van der Waals surface area contributed by atoms with Crippen molar-refractivity contribution in [2.45, 2.75) is 33.1 Å². The summed E-state index contributed by atoms with van der Waals surface area (Å²) >= 11 is 0. The van der Waals surface area contributed by atoms with Gasteiger partial charge in [0.05, 0.1) is 0 Å². The molecule has 0 N–H and O–H groups in total. The average molecular weight is 306 g/mol. The number of rotatable bonds is 1. The Morgan fingerprint density at radius 3 is 1.96 bits per heavy atom. The summed E-state index contributed by atoms with van der Waals surface area (Å²) in [5.41, 5.74) is 5.41. The first-order chi connectivity index (χ1) is 10.9. The SMILES string of the molecule is Cc1nc2ccc(-c3ccc4nc(C(C)(C)C)oc4c3)cc2o1. The van der Waals surface area contributed by atoms with Crippen LogP contribution in [-0.2, 0) is 5.41 Å². The van der Waals surface area contributed by atoms with Crippen molar-refractivity contribution in [1.29, 1.82) is 0 Å². The van der Waals surface area contributed by atoms with Gasteiger partial charge in [0.1, 0.15) is 11.0 Å². The van der Waals surface area contributed by atoms with Crippen molar-refractivity contribution in [2.75, 3.05) is 0 Å². The lowest BCUT2D eigenvalue weighted by Crippen LogP contribution is -2.10. The molecule has 0 aliphatic heterocycles. The fraction of sp³-hybridized carbons (Fsp3) is 0.263. The zero-order valence-corrected chi connectivity index (χ0v) is 13.7. The molecule has 2 aromatic carbocycles. The molecule has 0 fully saturated rings. The molecule has 23 heavy (non-hydrogen) atoms. The summed E-state index contributed by atoms with van der Waals surface area (Å²) in [6.07, 6.45) is 0. The van der Waals surface area contributed by atoms with Crippen LogP contribution in [0.2, 0.25) is 0 Å². The number of hydrogen-bond acceptors (Lipinski definition) is 4. The van der Waals surface area contributed by atoms with Gasteiger partial charge in [-0.05, 0) is 35.4 Å². The number of hydrogen-bond donors (Lipinski definition) is 0. The van der Waals surface area contributed by atoms with Crippen LogP contribution in [0.5, 0.6) is 0 Å². The zero-order chi connectivity index (χ0) is 16.2. The Kier molecular flexibility index (Phi) is 2.85. The van der Waals surface area contributed by atoms with Gasteiger partial charge in [-0.1, -0.05) is 32.9 Å². The Labute approximate surface area is 134 Å². The third-order valence-electron chi connectivity index (χ3n) is 3.86. The van der Waals surface area contributed by atoms with Crippen LogP contribution in [-0.4, -0.2) is 9.97 Å². The second-order valence-electron chi connectivity index (χ2n) is 6.87. The molecule has 2 heterocycles. The minimum atomic E-state index is -0.102. The number of aromatic nitrogens is 2. The molecule has 4 heteroatoms. The zero-order valence-electron chi connectivity index (χ0n) is 13.7. The van der Waals surface area contributed by atoms with Crippen molar-refractivity contribution in [1.82, 2.24) is 9.97 Å². The topological polar surface area (TPSA) is 52.1 Å². The lowest BCUT2D eigenvalue weighted by Gasteiger charge is -2.11. The van der Waals surface area contributed by atoms with Crippen molar-refractivity contribution < 1.29 is 8.83 Å². The van der Waals surface area contributed by atoms with Gasteiger partial charge in [0.25, 0.3) is 0 Å². The summed E-state index contributed by atoms with van der Waals surface area (Å²) in [7, 11) is 0. The number of fused-ring (bicyclic) bond motifs is 2. The van der Waals surface area contributed by atoms with Crippen LogP contribution in [0, 0.1) is 6.92 Å². The highest BCUT2D eigenvalue weighted by molar-refractivity contribution is 5.84. The van der Waals surface area contributed by atoms with Crippen LogP contribution < -0.4 is 0 Å². The van der Waals surface area contributed by atoms with E-state index in [0.717, 1.165) is 39.2 Å². The molecular weight excluding hydrogens is 288 g/mol. The van der Waals surface area contributed by atoms with Crippen molar-refractivity contribution in [2.24, 2.45) is 0 Å². The summed E-state index contributed by atoms with van der Waals surface area (Å²) in [5.74, 6) is 1.43. The molecule has 4 rings (SSSR count). The molecule has 0 amide bonds. The summed E-state index contributed by atoms with van der Waals surface area (Å²) < 4.78 is 11.6. The molecule has 0 bridgehead atoms. The first kappa shape index (κ1) is 14.0. The van der Waals surface area contributed by atoms with Crippen molar-refractivity contribution in [3.63, 3.8) is 0 Å². The maximum Gasteiger partial charge on any atom is 0.200 e. The van der Waals surface area contributed by atoms with Crippen LogP contribution in [0.25, 0.3) is 33.3 Å². The highest BCUT2D eigenvalue weighted by atomic mass is 16.4. The summed E-state index contributed by atoms with van der Waals surface area (Å²) in [6, 6.07) is 12.1. The number of oxazole rings is 2. The second kappa shape index (κ2) is 4.69. The molecule has 116 valence electrons. The molecule has 4 aromatic rings. The van der Waals surface area contributed by atoms with Gasteiger partial charge in [0.2, 0.25) is 5.89 Å². The highest BCUT2D eigenvalue weighted by Crippen LogP contribution is 2.30. The molecule has 0 saturated carbocycles. The Morgan fingerprint density at radius 1 is 0.783 bits per heavy atom. The van der Waals surface area contributed by atoms with E-state index in [-0.39, 0.29) is 5.41 Å². The summed E-state index contributed by atoms with van der Waals surface area (Å²) in [4.78, 5) is 8.91. The lowest BCUT2D eigenvalue weighted by molar-refractivity contribution is 0.411. The molecule has 0 aliphatic carbocycles. The fourth-order valence-corrected chi connectivity index (χ4v) is 2.64. The molecule has 2 aromatic heterocycles. The van der Waals surface area contributed by atoms with E-state index in [4.69, 9.17) is 8.83 Å². The minimum Gasteiger partial charge on any atom is -0.441 e. The van der Waals surface area contributed by atoms with Crippen LogP contribution in [0.15, 0.2) is 45.2 Å². The standard InChI is InChI=1S/C19H18N2O2/c1-11-20-14-7-5-12(9-16(14)22-11)13-6-8-15-17(10-13)23-18(21-15)19(2,3)4/h5-10H,1-4H3. The summed E-state index contributed by atoms with van der Waals surface area (Å²) in [5, 5.41) is 0. The van der Waals surface area contributed by atoms with Crippen LogP contribution in [0.1, 0.15) is 32.6 Å². The van der Waals surface area contributed by atoms with E-state index < -0.39 is 0 Å². The molecular formula is C19H18N2O2. The molecule has 0 radical (unpaired) electrons.